The van der Waals surface area contributed by atoms with E-state index in [-0.39, 0.29) is 30.5 Å². The van der Waals surface area contributed by atoms with Crippen molar-refractivity contribution in [3.05, 3.63) is 112 Å². The van der Waals surface area contributed by atoms with Gasteiger partial charge >= 0.3 is 0 Å². The lowest BCUT2D eigenvalue weighted by atomic mass is 9.94. The van der Waals surface area contributed by atoms with Crippen molar-refractivity contribution in [2.45, 2.75) is 20.3 Å². The Morgan fingerprint density at radius 1 is 0.951 bits per heavy atom. The summed E-state index contributed by atoms with van der Waals surface area (Å²) >= 11 is 0. The molecule has 3 amide bonds. The number of nitrogens with zero attached hydrogens (tertiary/aromatic N) is 3. The molecular weight excluding hydrogens is 514 g/mol. The summed E-state index contributed by atoms with van der Waals surface area (Å²) in [6.07, 6.45) is 1.88. The highest BCUT2D eigenvalue weighted by molar-refractivity contribution is 6.25. The minimum absolute atomic E-state index is 0.0270. The molecule has 0 N–H and O–H groups in total. The monoisotopic (exact) mass is 543 g/mol. The number of hydrogen-bond acceptors (Lipinski definition) is 5. The van der Waals surface area contributed by atoms with Crippen LogP contribution in [-0.2, 0) is 4.79 Å². The summed E-state index contributed by atoms with van der Waals surface area (Å²) < 4.78 is 5.20. The molecule has 1 heterocycles. The van der Waals surface area contributed by atoms with Crippen LogP contribution in [0.1, 0.15) is 43.8 Å². The molecule has 0 radical (unpaired) electrons. The average Bonchev–Trinajstić information content (AvgIpc) is 2.98. The van der Waals surface area contributed by atoms with E-state index in [1.54, 1.807) is 54.5 Å². The van der Waals surface area contributed by atoms with Crippen LogP contribution in [0.3, 0.4) is 0 Å². The first-order chi connectivity index (χ1) is 19.8. The van der Waals surface area contributed by atoms with Gasteiger partial charge in [-0.25, -0.2) is 0 Å². The molecule has 4 aromatic rings. The predicted octanol–water partition coefficient (Wildman–Crippen LogP) is 6.09. The van der Waals surface area contributed by atoms with Crippen molar-refractivity contribution in [3.8, 4) is 11.8 Å². The topological polar surface area (TPSA) is 90.7 Å². The van der Waals surface area contributed by atoms with Gasteiger partial charge in [-0.3, -0.25) is 19.3 Å². The molecule has 0 atom stereocenters. The molecule has 0 saturated heterocycles. The van der Waals surface area contributed by atoms with Crippen molar-refractivity contribution in [2.75, 3.05) is 25.1 Å². The fourth-order valence-electron chi connectivity index (χ4n) is 5.26. The molecular formula is C34H29N3O4. The average molecular weight is 544 g/mol. The zero-order valence-electron chi connectivity index (χ0n) is 23.2. The Morgan fingerprint density at radius 3 is 2.20 bits per heavy atom. The van der Waals surface area contributed by atoms with Gasteiger partial charge in [-0.2, -0.15) is 5.26 Å². The second-order valence-electron chi connectivity index (χ2n) is 10.0. The van der Waals surface area contributed by atoms with Crippen molar-refractivity contribution < 1.29 is 19.1 Å². The first-order valence-electron chi connectivity index (χ1n) is 13.4. The molecule has 0 saturated carbocycles. The first-order valence-corrected chi connectivity index (χ1v) is 13.4. The van der Waals surface area contributed by atoms with Crippen LogP contribution in [0.15, 0.2) is 84.4 Å². The smallest absolute Gasteiger partial charge is 0.268 e. The van der Waals surface area contributed by atoms with E-state index in [0.29, 0.717) is 39.9 Å². The largest absolute Gasteiger partial charge is 0.497 e. The normalized spacial score (nSPS) is 12.8. The van der Waals surface area contributed by atoms with Crippen molar-refractivity contribution >= 4 is 40.3 Å². The summed E-state index contributed by atoms with van der Waals surface area (Å²) in [4.78, 5) is 43.3. The lowest BCUT2D eigenvalue weighted by molar-refractivity contribution is -0.114. The number of carbonyl (C=O) groups is 3. The van der Waals surface area contributed by atoms with Gasteiger partial charge in [-0.1, -0.05) is 54.1 Å². The number of rotatable bonds is 8. The molecule has 0 fully saturated rings. The zero-order chi connectivity index (χ0) is 29.1. The molecule has 204 valence electrons. The van der Waals surface area contributed by atoms with Gasteiger partial charge in [0, 0.05) is 35.3 Å². The quantitative estimate of drug-likeness (QED) is 0.152. The van der Waals surface area contributed by atoms with Crippen LogP contribution in [0.5, 0.6) is 5.75 Å². The van der Waals surface area contributed by atoms with Crippen molar-refractivity contribution in [1.82, 2.24) is 4.90 Å². The van der Waals surface area contributed by atoms with Crippen molar-refractivity contribution in [2.24, 2.45) is 0 Å². The molecule has 4 aromatic carbocycles. The number of anilines is 1. The van der Waals surface area contributed by atoms with Gasteiger partial charge < -0.3 is 9.64 Å². The third kappa shape index (κ3) is 5.32. The van der Waals surface area contributed by atoms with Gasteiger partial charge in [-0.05, 0) is 73.2 Å². The van der Waals surface area contributed by atoms with Gasteiger partial charge in [-0.15, -0.1) is 0 Å². The van der Waals surface area contributed by atoms with Crippen LogP contribution in [-0.4, -0.2) is 42.8 Å². The van der Waals surface area contributed by atoms with E-state index >= 15 is 0 Å². The van der Waals surface area contributed by atoms with Crippen LogP contribution in [0, 0.1) is 25.2 Å². The van der Waals surface area contributed by atoms with Crippen LogP contribution in [0.4, 0.5) is 5.69 Å². The highest BCUT2D eigenvalue weighted by atomic mass is 16.5. The number of hydrogen-bond donors (Lipinski definition) is 0. The SMILES string of the molecule is COc1ccc(C=C(C#N)C(=O)N(CCCN2C(=O)c3cccc4cccc(c34)C2=O)c2ccc(C)cc2C)cc1. The van der Waals surface area contributed by atoms with Crippen LogP contribution < -0.4 is 9.64 Å². The van der Waals surface area contributed by atoms with Crippen LogP contribution >= 0.6 is 0 Å². The molecule has 1 aliphatic rings. The Morgan fingerprint density at radius 2 is 1.61 bits per heavy atom. The molecule has 5 rings (SSSR count). The number of benzene rings is 4. The maximum absolute atomic E-state index is 13.8. The minimum atomic E-state index is -0.457. The fraction of sp³-hybridized carbons (Fsp3) is 0.176. The van der Waals surface area contributed by atoms with E-state index in [1.165, 1.54) is 4.90 Å². The number of amides is 3. The second kappa shape index (κ2) is 11.5. The summed E-state index contributed by atoms with van der Waals surface area (Å²) in [5, 5.41) is 11.5. The van der Waals surface area contributed by atoms with Gasteiger partial charge in [0.1, 0.15) is 17.4 Å². The number of aryl methyl sites for hydroxylation is 2. The Kier molecular flexibility index (Phi) is 7.66. The zero-order valence-corrected chi connectivity index (χ0v) is 23.2. The summed E-state index contributed by atoms with van der Waals surface area (Å²) in [7, 11) is 1.57. The lowest BCUT2D eigenvalue weighted by Gasteiger charge is -2.29. The van der Waals surface area contributed by atoms with E-state index in [9.17, 15) is 19.6 Å². The third-order valence-corrected chi connectivity index (χ3v) is 7.29. The summed E-state index contributed by atoms with van der Waals surface area (Å²) in [6.45, 7) is 4.21. The molecule has 1 aliphatic heterocycles. The molecule has 7 heteroatoms. The highest BCUT2D eigenvalue weighted by Crippen LogP contribution is 2.30. The fourth-order valence-corrected chi connectivity index (χ4v) is 5.26. The van der Waals surface area contributed by atoms with E-state index in [1.807, 2.05) is 56.3 Å². The third-order valence-electron chi connectivity index (χ3n) is 7.29. The van der Waals surface area contributed by atoms with Crippen LogP contribution in [0.25, 0.3) is 16.8 Å². The Bertz CT molecular complexity index is 1700. The summed E-state index contributed by atoms with van der Waals surface area (Å²) in [5.41, 5.74) is 4.25. The van der Waals surface area contributed by atoms with Crippen LogP contribution in [0.2, 0.25) is 0 Å². The van der Waals surface area contributed by atoms with Gasteiger partial charge in [0.2, 0.25) is 0 Å². The minimum Gasteiger partial charge on any atom is -0.497 e. The van der Waals surface area contributed by atoms with E-state index < -0.39 is 5.91 Å². The van der Waals surface area contributed by atoms with E-state index in [4.69, 9.17) is 4.74 Å². The highest BCUT2D eigenvalue weighted by Gasteiger charge is 2.32. The van der Waals surface area contributed by atoms with Crippen molar-refractivity contribution in [3.63, 3.8) is 0 Å². The van der Waals surface area contributed by atoms with Crippen molar-refractivity contribution in [1.29, 1.82) is 5.26 Å². The molecule has 0 bridgehead atoms. The Balaban J connectivity index is 1.41. The Hall–Kier alpha value is -5.22. The number of nitriles is 1. The predicted molar refractivity (Wildman–Crippen MR) is 159 cm³/mol. The molecule has 0 aliphatic carbocycles. The van der Waals surface area contributed by atoms with Gasteiger partial charge in [0.15, 0.2) is 0 Å². The Labute approximate surface area is 238 Å². The number of imide groups is 1. The standard InChI is InChI=1S/C34H29N3O4/c1-22-11-16-30(23(2)19-22)36(32(38)26(21-35)20-24-12-14-27(41-3)15-13-24)17-6-18-37-33(39)28-9-4-7-25-8-5-10-29(31(25)28)34(37)40/h4-5,7-16,19-20H,6,17-18H2,1-3H3. The first kappa shape index (κ1) is 27.4. The van der Waals surface area contributed by atoms with E-state index in [0.717, 1.165) is 16.5 Å². The molecule has 0 aromatic heterocycles. The maximum atomic E-state index is 13.8. The maximum Gasteiger partial charge on any atom is 0.268 e. The molecule has 0 unspecified atom stereocenters. The van der Waals surface area contributed by atoms with Gasteiger partial charge in [0.25, 0.3) is 17.7 Å². The summed E-state index contributed by atoms with van der Waals surface area (Å²) in [5.74, 6) is -0.479. The number of methoxy groups -OCH3 is 1. The number of ether oxygens (including phenoxy) is 1. The molecule has 7 nitrogen and oxygen atoms in total. The lowest BCUT2D eigenvalue weighted by Crippen LogP contribution is -2.42. The summed E-state index contributed by atoms with van der Waals surface area (Å²) in [6, 6.07) is 25.8. The van der Waals surface area contributed by atoms with Gasteiger partial charge in [0.05, 0.1) is 7.11 Å². The van der Waals surface area contributed by atoms with E-state index in [2.05, 4.69) is 6.07 Å². The number of carbonyl (C=O) groups excluding carboxylic acids is 3. The molecule has 0 spiro atoms. The second-order valence-corrected chi connectivity index (χ2v) is 10.0. The molecule has 41 heavy (non-hydrogen) atoms.